The molecule has 0 bridgehead atoms. The molecule has 0 aliphatic carbocycles. The Morgan fingerprint density at radius 1 is 0.875 bits per heavy atom. The number of hydrogen-bond donors (Lipinski definition) is 4. The molecule has 10 heteroatoms. The topological polar surface area (TPSA) is 167 Å². The van der Waals surface area contributed by atoms with E-state index in [9.17, 15) is 30.4 Å². The highest BCUT2D eigenvalue weighted by molar-refractivity contribution is 4.81. The molecule has 0 spiro atoms. The van der Waals surface area contributed by atoms with Gasteiger partial charge < -0.3 is 20.4 Å². The molecule has 0 aromatic rings. The molecule has 4 atom stereocenters. The van der Waals surface area contributed by atoms with Crippen LogP contribution in [-0.2, 0) is 0 Å². The van der Waals surface area contributed by atoms with Gasteiger partial charge in [-0.25, -0.2) is 0 Å². The lowest BCUT2D eigenvalue weighted by Crippen LogP contribution is -2.52. The van der Waals surface area contributed by atoms with Gasteiger partial charge >= 0.3 is 0 Å². The standard InChI is InChI=1S/C6H12N2O8/c9-1-3(7(13)14)5(11)6(12)4(2-10)8(15)16/h3-6,9-12H,1-2H2. The van der Waals surface area contributed by atoms with Gasteiger partial charge in [-0.05, 0) is 0 Å². The van der Waals surface area contributed by atoms with Crippen LogP contribution in [0, 0.1) is 20.2 Å². The summed E-state index contributed by atoms with van der Waals surface area (Å²) in [6, 6.07) is -3.88. The van der Waals surface area contributed by atoms with Crippen LogP contribution in [0.15, 0.2) is 0 Å². The minimum Gasteiger partial charge on any atom is -0.389 e. The molecule has 0 aromatic heterocycles. The van der Waals surface area contributed by atoms with Gasteiger partial charge in [-0.2, -0.15) is 0 Å². The van der Waals surface area contributed by atoms with Gasteiger partial charge in [-0.3, -0.25) is 20.2 Å². The Balaban J connectivity index is 4.74. The lowest BCUT2D eigenvalue weighted by atomic mass is 10.0. The summed E-state index contributed by atoms with van der Waals surface area (Å²) >= 11 is 0. The molecule has 0 aliphatic rings. The monoisotopic (exact) mass is 240 g/mol. The molecule has 4 unspecified atom stereocenters. The number of hydrogen-bond acceptors (Lipinski definition) is 8. The van der Waals surface area contributed by atoms with E-state index < -0.39 is 47.4 Å². The molecule has 0 saturated carbocycles. The van der Waals surface area contributed by atoms with Gasteiger partial charge in [0.15, 0.2) is 12.2 Å². The SMILES string of the molecule is O=[N+]([O-])C(CO)C(O)C(O)C(CO)[N+](=O)[O-]. The summed E-state index contributed by atoms with van der Waals surface area (Å²) in [5.41, 5.74) is 0. The van der Waals surface area contributed by atoms with E-state index in [4.69, 9.17) is 10.2 Å². The van der Waals surface area contributed by atoms with Crippen LogP contribution in [0.2, 0.25) is 0 Å². The largest absolute Gasteiger partial charge is 0.389 e. The summed E-state index contributed by atoms with van der Waals surface area (Å²) in [5, 5.41) is 56.2. The molecule has 4 N–H and O–H groups in total. The first-order valence-corrected chi connectivity index (χ1v) is 4.21. The van der Waals surface area contributed by atoms with E-state index in [2.05, 4.69) is 0 Å². The Morgan fingerprint density at radius 3 is 1.25 bits per heavy atom. The minimum absolute atomic E-state index is 1.07. The number of aliphatic hydroxyl groups excluding tert-OH is 4. The quantitative estimate of drug-likeness (QED) is 0.269. The molecule has 0 saturated heterocycles. The van der Waals surface area contributed by atoms with Crippen molar-refractivity contribution in [3.05, 3.63) is 20.2 Å². The van der Waals surface area contributed by atoms with Gasteiger partial charge in [-0.15, -0.1) is 0 Å². The van der Waals surface area contributed by atoms with Crippen molar-refractivity contribution in [1.29, 1.82) is 0 Å². The second kappa shape index (κ2) is 6.27. The number of nitrogens with zero attached hydrogens (tertiary/aromatic N) is 2. The van der Waals surface area contributed by atoms with Gasteiger partial charge in [0.1, 0.15) is 13.2 Å². The molecule has 10 nitrogen and oxygen atoms in total. The third-order valence-corrected chi connectivity index (χ3v) is 2.05. The van der Waals surface area contributed by atoms with Gasteiger partial charge in [0.2, 0.25) is 0 Å². The molecule has 16 heavy (non-hydrogen) atoms. The highest BCUT2D eigenvalue weighted by atomic mass is 16.6. The fraction of sp³-hybridized carbons (Fsp3) is 1.00. The summed E-state index contributed by atoms with van der Waals surface area (Å²) in [6.45, 7) is -2.16. The highest BCUT2D eigenvalue weighted by Gasteiger charge is 2.43. The maximum atomic E-state index is 10.3. The Bertz CT molecular complexity index is 233. The number of nitro groups is 2. The van der Waals surface area contributed by atoms with Crippen molar-refractivity contribution in [3.8, 4) is 0 Å². The first-order valence-electron chi connectivity index (χ1n) is 4.21. The lowest BCUT2D eigenvalue weighted by Gasteiger charge is -2.21. The minimum atomic E-state index is -2.14. The maximum absolute atomic E-state index is 10.3. The smallest absolute Gasteiger partial charge is 0.263 e. The van der Waals surface area contributed by atoms with Crippen LogP contribution in [0.4, 0.5) is 0 Å². The molecule has 94 valence electrons. The predicted molar refractivity (Wildman–Crippen MR) is 47.8 cm³/mol. The highest BCUT2D eigenvalue weighted by Crippen LogP contribution is 2.09. The van der Waals surface area contributed by atoms with Crippen LogP contribution in [0.1, 0.15) is 0 Å². The summed E-state index contributed by atoms with van der Waals surface area (Å²) in [4.78, 5) is 18.5. The molecule has 0 radical (unpaired) electrons. The molecule has 0 amide bonds. The van der Waals surface area contributed by atoms with Crippen molar-refractivity contribution < 1.29 is 30.3 Å². The third-order valence-electron chi connectivity index (χ3n) is 2.05. The average Bonchev–Trinajstić information content (AvgIpc) is 2.18. The van der Waals surface area contributed by atoms with Crippen molar-refractivity contribution >= 4 is 0 Å². The van der Waals surface area contributed by atoms with E-state index in [1.54, 1.807) is 0 Å². The van der Waals surface area contributed by atoms with Crippen molar-refractivity contribution in [1.82, 2.24) is 0 Å². The molecule has 0 aromatic carbocycles. The second-order valence-corrected chi connectivity index (χ2v) is 3.05. The molecular weight excluding hydrogens is 228 g/mol. The fourth-order valence-corrected chi connectivity index (χ4v) is 1.05. The van der Waals surface area contributed by atoms with Crippen LogP contribution in [0.5, 0.6) is 0 Å². The van der Waals surface area contributed by atoms with Crippen molar-refractivity contribution in [2.45, 2.75) is 24.3 Å². The van der Waals surface area contributed by atoms with Gasteiger partial charge in [0, 0.05) is 9.85 Å². The van der Waals surface area contributed by atoms with Crippen LogP contribution in [0.3, 0.4) is 0 Å². The molecular formula is C6H12N2O8. The normalized spacial score (nSPS) is 18.5. The summed E-state index contributed by atoms with van der Waals surface area (Å²) in [6.07, 6.45) is -4.27. The second-order valence-electron chi connectivity index (χ2n) is 3.05. The molecule has 0 heterocycles. The van der Waals surface area contributed by atoms with Crippen molar-refractivity contribution in [3.63, 3.8) is 0 Å². The summed E-state index contributed by atoms with van der Waals surface area (Å²) in [7, 11) is 0. The zero-order valence-corrected chi connectivity index (χ0v) is 8.04. The van der Waals surface area contributed by atoms with E-state index in [-0.39, 0.29) is 0 Å². The Morgan fingerprint density at radius 2 is 1.12 bits per heavy atom. The van der Waals surface area contributed by atoms with E-state index in [0.29, 0.717) is 0 Å². The fourth-order valence-electron chi connectivity index (χ4n) is 1.05. The van der Waals surface area contributed by atoms with Gasteiger partial charge in [0.25, 0.3) is 12.1 Å². The first-order chi connectivity index (χ1) is 7.36. The Kier molecular flexibility index (Phi) is 5.74. The van der Waals surface area contributed by atoms with Crippen molar-refractivity contribution in [2.75, 3.05) is 13.2 Å². The zero-order chi connectivity index (χ0) is 12.9. The molecule has 0 rings (SSSR count). The first kappa shape index (κ1) is 14.6. The zero-order valence-electron chi connectivity index (χ0n) is 8.04. The predicted octanol–water partition coefficient (Wildman–Crippen LogP) is -3.02. The number of aliphatic hydroxyl groups is 4. The van der Waals surface area contributed by atoms with Gasteiger partial charge in [-0.1, -0.05) is 0 Å². The molecule has 0 fully saturated rings. The van der Waals surface area contributed by atoms with Crippen LogP contribution < -0.4 is 0 Å². The van der Waals surface area contributed by atoms with Gasteiger partial charge in [0.05, 0.1) is 0 Å². The van der Waals surface area contributed by atoms with Crippen molar-refractivity contribution in [2.24, 2.45) is 0 Å². The summed E-state index contributed by atoms with van der Waals surface area (Å²) in [5.74, 6) is 0. The van der Waals surface area contributed by atoms with Crippen LogP contribution in [0.25, 0.3) is 0 Å². The maximum Gasteiger partial charge on any atom is 0.263 e. The van der Waals surface area contributed by atoms with E-state index in [1.165, 1.54) is 0 Å². The van der Waals surface area contributed by atoms with Crippen LogP contribution in [-0.4, -0.2) is 67.8 Å². The third kappa shape index (κ3) is 3.34. The van der Waals surface area contributed by atoms with E-state index in [1.807, 2.05) is 0 Å². The lowest BCUT2D eigenvalue weighted by molar-refractivity contribution is -0.561. The molecule has 0 aliphatic heterocycles. The van der Waals surface area contributed by atoms with E-state index in [0.717, 1.165) is 0 Å². The summed E-state index contributed by atoms with van der Waals surface area (Å²) < 4.78 is 0. The van der Waals surface area contributed by atoms with E-state index >= 15 is 0 Å². The Labute approximate surface area is 89.0 Å². The Hall–Kier alpha value is -1.36. The van der Waals surface area contributed by atoms with Crippen LogP contribution >= 0.6 is 0 Å². The number of rotatable bonds is 7. The average molecular weight is 240 g/mol.